The van der Waals surface area contributed by atoms with E-state index < -0.39 is 16.9 Å². The van der Waals surface area contributed by atoms with Gasteiger partial charge in [0.1, 0.15) is 5.60 Å². The molecule has 2 rings (SSSR count). The van der Waals surface area contributed by atoms with Gasteiger partial charge in [-0.05, 0) is 19.8 Å². The lowest BCUT2D eigenvalue weighted by Gasteiger charge is -2.35. The van der Waals surface area contributed by atoms with Crippen LogP contribution in [0.25, 0.3) is 0 Å². The highest BCUT2D eigenvalue weighted by molar-refractivity contribution is 5.89. The number of primary amides is 1. The molecule has 4 heteroatoms. The van der Waals surface area contributed by atoms with Gasteiger partial charge in [-0.1, -0.05) is 13.8 Å². The first-order chi connectivity index (χ1) is 6.75. The van der Waals surface area contributed by atoms with E-state index in [4.69, 9.17) is 10.5 Å². The summed E-state index contributed by atoms with van der Waals surface area (Å²) in [7, 11) is 0. The molecule has 1 heterocycles. The summed E-state index contributed by atoms with van der Waals surface area (Å²) in [5.74, 6) is -0.675. The Bertz CT molecular complexity index is 350. The number of nitrogens with two attached hydrogens (primary N) is 1. The van der Waals surface area contributed by atoms with Crippen LogP contribution in [0.1, 0.15) is 40.0 Å². The zero-order valence-corrected chi connectivity index (χ0v) is 9.42. The van der Waals surface area contributed by atoms with E-state index in [1.807, 2.05) is 20.8 Å². The molecule has 84 valence electrons. The van der Waals surface area contributed by atoms with Gasteiger partial charge in [-0.15, -0.1) is 0 Å². The third kappa shape index (κ3) is 0.971. The fourth-order valence-electron chi connectivity index (χ4n) is 3.10. The number of ether oxygens (including phenoxy) is 1. The number of esters is 1. The zero-order valence-electron chi connectivity index (χ0n) is 9.42. The molecular weight excluding hydrogens is 194 g/mol. The third-order valence-electron chi connectivity index (χ3n) is 4.73. The fourth-order valence-corrected chi connectivity index (χ4v) is 3.10. The maximum Gasteiger partial charge on any atom is 0.313 e. The Morgan fingerprint density at radius 2 is 2.00 bits per heavy atom. The van der Waals surface area contributed by atoms with E-state index in [-0.39, 0.29) is 17.8 Å². The Hall–Kier alpha value is -1.06. The highest BCUT2D eigenvalue weighted by Gasteiger charge is 2.72. The van der Waals surface area contributed by atoms with Crippen LogP contribution in [0.4, 0.5) is 0 Å². The van der Waals surface area contributed by atoms with Crippen molar-refractivity contribution < 1.29 is 14.3 Å². The summed E-state index contributed by atoms with van der Waals surface area (Å²) in [6.45, 7) is 5.93. The minimum Gasteiger partial charge on any atom is -0.458 e. The predicted octanol–water partition coefficient (Wildman–Crippen LogP) is 0.984. The van der Waals surface area contributed by atoms with Gasteiger partial charge in [-0.2, -0.15) is 0 Å². The van der Waals surface area contributed by atoms with Crippen LogP contribution < -0.4 is 5.73 Å². The molecule has 1 aliphatic heterocycles. The lowest BCUT2D eigenvalue weighted by atomic mass is 9.64. The van der Waals surface area contributed by atoms with E-state index in [0.717, 1.165) is 6.42 Å². The Labute approximate surface area is 89.2 Å². The van der Waals surface area contributed by atoms with Crippen molar-refractivity contribution in [1.29, 1.82) is 0 Å². The number of fused-ring (bicyclic) bond motifs is 2. The fraction of sp³-hybridized carbons (Fsp3) is 0.818. The van der Waals surface area contributed by atoms with Crippen LogP contribution in [-0.4, -0.2) is 17.5 Å². The van der Waals surface area contributed by atoms with Crippen molar-refractivity contribution in [2.45, 2.75) is 45.6 Å². The van der Waals surface area contributed by atoms with Crippen molar-refractivity contribution in [3.63, 3.8) is 0 Å². The van der Waals surface area contributed by atoms with Gasteiger partial charge in [0.05, 0.1) is 5.41 Å². The normalized spacial score (nSPS) is 41.7. The van der Waals surface area contributed by atoms with E-state index in [1.165, 1.54) is 0 Å². The SMILES string of the molecule is CC1(C)[C@@]2(CC(N)=O)CC[C@@]1(C)OC2=O. The molecule has 0 aromatic rings. The number of rotatable bonds is 2. The van der Waals surface area contributed by atoms with Crippen molar-refractivity contribution in [2.75, 3.05) is 0 Å². The van der Waals surface area contributed by atoms with E-state index in [2.05, 4.69) is 0 Å². The largest absolute Gasteiger partial charge is 0.458 e. The summed E-state index contributed by atoms with van der Waals surface area (Å²) in [5.41, 5.74) is 3.80. The van der Waals surface area contributed by atoms with Crippen molar-refractivity contribution in [3.05, 3.63) is 0 Å². The molecule has 2 bridgehead atoms. The van der Waals surface area contributed by atoms with Crippen LogP contribution >= 0.6 is 0 Å². The average molecular weight is 211 g/mol. The molecule has 4 nitrogen and oxygen atoms in total. The molecular formula is C11H17NO3. The van der Waals surface area contributed by atoms with E-state index in [0.29, 0.717) is 6.42 Å². The lowest BCUT2D eigenvalue weighted by molar-refractivity contribution is -0.160. The maximum absolute atomic E-state index is 11.9. The standard InChI is InChI=1S/C11H17NO3/c1-9(2)10(3)4-5-11(9,6-7(12)13)8(14)15-10/h4-6H2,1-3H3,(H2,12,13)/t10-,11-/m1/s1. The number of hydrogen-bond acceptors (Lipinski definition) is 3. The zero-order chi connectivity index (χ0) is 11.5. The van der Waals surface area contributed by atoms with E-state index in [1.54, 1.807) is 0 Å². The van der Waals surface area contributed by atoms with Gasteiger partial charge in [0.25, 0.3) is 0 Å². The van der Waals surface area contributed by atoms with Gasteiger partial charge in [0.15, 0.2) is 0 Å². The quantitative estimate of drug-likeness (QED) is 0.692. The Morgan fingerprint density at radius 3 is 2.33 bits per heavy atom. The molecule has 0 unspecified atom stereocenters. The van der Waals surface area contributed by atoms with Gasteiger partial charge in [-0.3, -0.25) is 9.59 Å². The first-order valence-corrected chi connectivity index (χ1v) is 5.27. The van der Waals surface area contributed by atoms with Crippen molar-refractivity contribution in [1.82, 2.24) is 0 Å². The highest BCUT2D eigenvalue weighted by atomic mass is 16.6. The van der Waals surface area contributed by atoms with Crippen LogP contribution in [0.5, 0.6) is 0 Å². The molecule has 0 spiro atoms. The van der Waals surface area contributed by atoms with Gasteiger partial charge < -0.3 is 10.5 Å². The topological polar surface area (TPSA) is 69.4 Å². The number of amides is 1. The second kappa shape index (κ2) is 2.54. The summed E-state index contributed by atoms with van der Waals surface area (Å²) in [5, 5.41) is 0. The van der Waals surface area contributed by atoms with E-state index >= 15 is 0 Å². The summed E-state index contributed by atoms with van der Waals surface area (Å²) in [4.78, 5) is 23.0. The molecule has 15 heavy (non-hydrogen) atoms. The first-order valence-electron chi connectivity index (χ1n) is 5.27. The van der Waals surface area contributed by atoms with Crippen molar-refractivity contribution >= 4 is 11.9 Å². The minimum absolute atomic E-state index is 0.106. The van der Waals surface area contributed by atoms with Crippen LogP contribution in [0.2, 0.25) is 0 Å². The maximum atomic E-state index is 11.9. The Balaban J connectivity index is 2.47. The number of hydrogen-bond donors (Lipinski definition) is 1. The van der Waals surface area contributed by atoms with E-state index in [9.17, 15) is 9.59 Å². The molecule has 1 saturated heterocycles. The highest BCUT2D eigenvalue weighted by Crippen LogP contribution is 2.66. The second-order valence-corrected chi connectivity index (χ2v) is 5.47. The second-order valence-electron chi connectivity index (χ2n) is 5.47. The van der Waals surface area contributed by atoms with Gasteiger partial charge in [0.2, 0.25) is 5.91 Å². The van der Waals surface area contributed by atoms with Crippen LogP contribution in [0.3, 0.4) is 0 Å². The predicted molar refractivity (Wildman–Crippen MR) is 53.8 cm³/mol. The number of carbonyl (C=O) groups is 2. The number of carbonyl (C=O) groups excluding carboxylic acids is 2. The Kier molecular flexibility index (Phi) is 1.77. The summed E-state index contributed by atoms with van der Waals surface area (Å²) >= 11 is 0. The summed E-state index contributed by atoms with van der Waals surface area (Å²) in [6, 6.07) is 0. The molecule has 0 aromatic carbocycles. The minimum atomic E-state index is -0.687. The molecule has 2 N–H and O–H groups in total. The molecule has 1 aliphatic carbocycles. The lowest BCUT2D eigenvalue weighted by Crippen LogP contribution is -2.42. The molecule has 2 fully saturated rings. The van der Waals surface area contributed by atoms with Crippen LogP contribution in [0, 0.1) is 10.8 Å². The van der Waals surface area contributed by atoms with Crippen LogP contribution in [-0.2, 0) is 14.3 Å². The first kappa shape index (κ1) is 10.5. The Morgan fingerprint density at radius 1 is 1.40 bits per heavy atom. The van der Waals surface area contributed by atoms with Gasteiger partial charge in [0, 0.05) is 11.8 Å². The van der Waals surface area contributed by atoms with Crippen molar-refractivity contribution in [3.8, 4) is 0 Å². The van der Waals surface area contributed by atoms with Crippen LogP contribution in [0.15, 0.2) is 0 Å². The monoisotopic (exact) mass is 211 g/mol. The molecule has 1 amide bonds. The van der Waals surface area contributed by atoms with Gasteiger partial charge in [-0.25, -0.2) is 0 Å². The molecule has 2 atom stereocenters. The molecule has 2 aliphatic rings. The molecule has 0 aromatic heterocycles. The summed E-state index contributed by atoms with van der Waals surface area (Å²) < 4.78 is 5.42. The molecule has 0 radical (unpaired) electrons. The van der Waals surface area contributed by atoms with Gasteiger partial charge >= 0.3 is 5.97 Å². The average Bonchev–Trinajstić information content (AvgIpc) is 2.32. The molecule has 1 saturated carbocycles. The van der Waals surface area contributed by atoms with Crippen molar-refractivity contribution in [2.24, 2.45) is 16.6 Å². The summed E-state index contributed by atoms with van der Waals surface area (Å²) in [6.07, 6.45) is 1.63. The third-order valence-corrected chi connectivity index (χ3v) is 4.73. The smallest absolute Gasteiger partial charge is 0.313 e.